The molecule has 0 saturated carbocycles. The monoisotopic (exact) mass is 406 g/mol. The molecule has 2 aromatic carbocycles. The van der Waals surface area contributed by atoms with E-state index >= 15 is 0 Å². The van der Waals surface area contributed by atoms with Crippen molar-refractivity contribution in [2.45, 2.75) is 24.1 Å². The van der Waals surface area contributed by atoms with E-state index in [1.54, 1.807) is 6.20 Å². The first kappa shape index (κ1) is 20.6. The molecule has 1 atom stereocenters. The van der Waals surface area contributed by atoms with Gasteiger partial charge in [-0.15, -0.1) is 0 Å². The van der Waals surface area contributed by atoms with Gasteiger partial charge in [-0.05, 0) is 29.7 Å². The summed E-state index contributed by atoms with van der Waals surface area (Å²) < 4.78 is 5.29. The van der Waals surface area contributed by atoms with Crippen molar-refractivity contribution in [3.8, 4) is 0 Å². The van der Waals surface area contributed by atoms with Crippen LogP contribution in [0.5, 0.6) is 0 Å². The Morgan fingerprint density at radius 2 is 1.55 bits per heavy atom. The number of thioether (sulfide) groups is 1. The van der Waals surface area contributed by atoms with E-state index in [0.29, 0.717) is 6.42 Å². The van der Waals surface area contributed by atoms with Crippen molar-refractivity contribution < 1.29 is 14.3 Å². The highest BCUT2D eigenvalue weighted by Gasteiger charge is 2.22. The number of ketones is 1. The van der Waals surface area contributed by atoms with Crippen molar-refractivity contribution in [1.29, 1.82) is 0 Å². The van der Waals surface area contributed by atoms with Gasteiger partial charge in [0.1, 0.15) is 6.61 Å². The van der Waals surface area contributed by atoms with Crippen LogP contribution in [0.4, 0.5) is 4.79 Å². The zero-order chi connectivity index (χ0) is 20.3. The Morgan fingerprint density at radius 3 is 2.21 bits per heavy atom. The van der Waals surface area contributed by atoms with Crippen molar-refractivity contribution in [3.63, 3.8) is 0 Å². The molecule has 1 N–H and O–H groups in total. The topological polar surface area (TPSA) is 68.3 Å². The average Bonchev–Trinajstić information content (AvgIpc) is 2.78. The minimum absolute atomic E-state index is 0.0823. The van der Waals surface area contributed by atoms with E-state index in [1.165, 1.54) is 11.8 Å². The summed E-state index contributed by atoms with van der Waals surface area (Å²) >= 11 is 1.35. The number of ether oxygens (including phenoxy) is 1. The maximum atomic E-state index is 12.8. The minimum Gasteiger partial charge on any atom is -0.445 e. The van der Waals surface area contributed by atoms with E-state index in [1.807, 2.05) is 78.9 Å². The predicted octanol–water partition coefficient (Wildman–Crippen LogP) is 4.28. The Morgan fingerprint density at radius 1 is 0.897 bits per heavy atom. The molecule has 3 aromatic rings. The second-order valence-electron chi connectivity index (χ2n) is 6.37. The largest absolute Gasteiger partial charge is 0.445 e. The number of Topliss-reactive ketones (excluding diaryl/α,β-unsaturated/α-hetero) is 1. The molecule has 0 aliphatic heterocycles. The minimum atomic E-state index is -0.670. The van der Waals surface area contributed by atoms with E-state index in [0.717, 1.165) is 16.2 Å². The zero-order valence-electron chi connectivity index (χ0n) is 15.9. The number of carbonyl (C=O) groups excluding carboxylic acids is 2. The van der Waals surface area contributed by atoms with Gasteiger partial charge in [-0.2, -0.15) is 0 Å². The van der Waals surface area contributed by atoms with Gasteiger partial charge < -0.3 is 10.1 Å². The molecule has 29 heavy (non-hydrogen) atoms. The number of alkyl carbamates (subject to hydrolysis) is 1. The van der Waals surface area contributed by atoms with Crippen LogP contribution in [0, 0.1) is 0 Å². The van der Waals surface area contributed by atoms with Crippen LogP contribution >= 0.6 is 11.8 Å². The summed E-state index contributed by atoms with van der Waals surface area (Å²) in [7, 11) is 0. The third kappa shape index (κ3) is 7.08. The Hall–Kier alpha value is -3.12. The smallest absolute Gasteiger partial charge is 0.408 e. The Labute approximate surface area is 174 Å². The molecule has 1 heterocycles. The van der Waals surface area contributed by atoms with E-state index in [2.05, 4.69) is 10.3 Å². The highest BCUT2D eigenvalue weighted by Crippen LogP contribution is 2.16. The van der Waals surface area contributed by atoms with Gasteiger partial charge in [-0.1, -0.05) is 78.5 Å². The molecule has 6 heteroatoms. The number of nitrogens with one attached hydrogen (secondary N) is 1. The molecule has 3 rings (SSSR count). The number of hydrogen-bond acceptors (Lipinski definition) is 5. The first-order chi connectivity index (χ1) is 14.2. The van der Waals surface area contributed by atoms with E-state index < -0.39 is 12.1 Å². The van der Waals surface area contributed by atoms with Crippen molar-refractivity contribution in [1.82, 2.24) is 10.3 Å². The molecular formula is C23H22N2O3S. The molecular weight excluding hydrogens is 384 g/mol. The van der Waals surface area contributed by atoms with Crippen LogP contribution in [0.3, 0.4) is 0 Å². The maximum absolute atomic E-state index is 12.8. The molecule has 1 aromatic heterocycles. The number of carbonyl (C=O) groups is 2. The summed E-state index contributed by atoms with van der Waals surface area (Å²) in [5, 5.41) is 3.50. The van der Waals surface area contributed by atoms with Gasteiger partial charge in [0.05, 0.1) is 16.8 Å². The number of rotatable bonds is 9. The molecule has 0 radical (unpaired) electrons. The van der Waals surface area contributed by atoms with E-state index in [-0.39, 0.29) is 18.1 Å². The number of amides is 1. The van der Waals surface area contributed by atoms with Crippen LogP contribution in [0.2, 0.25) is 0 Å². The van der Waals surface area contributed by atoms with E-state index in [9.17, 15) is 9.59 Å². The fourth-order valence-corrected chi connectivity index (χ4v) is 3.48. The highest BCUT2D eigenvalue weighted by molar-refractivity contribution is 7.99. The van der Waals surface area contributed by atoms with Gasteiger partial charge in [0.25, 0.3) is 0 Å². The number of benzene rings is 2. The van der Waals surface area contributed by atoms with Gasteiger partial charge >= 0.3 is 6.09 Å². The molecule has 0 unspecified atom stereocenters. The lowest BCUT2D eigenvalue weighted by Gasteiger charge is -2.18. The molecule has 0 bridgehead atoms. The second-order valence-corrected chi connectivity index (χ2v) is 7.37. The molecule has 0 aliphatic carbocycles. The van der Waals surface area contributed by atoms with E-state index in [4.69, 9.17) is 4.74 Å². The first-order valence-electron chi connectivity index (χ1n) is 9.28. The summed E-state index contributed by atoms with van der Waals surface area (Å²) in [6.45, 7) is 0.154. The second kappa shape index (κ2) is 11.0. The van der Waals surface area contributed by atoms with Gasteiger partial charge in [-0.25, -0.2) is 9.78 Å². The Kier molecular flexibility index (Phi) is 7.83. The maximum Gasteiger partial charge on any atom is 0.408 e. The van der Waals surface area contributed by atoms with Crippen LogP contribution in [-0.2, 0) is 22.6 Å². The number of aromatic nitrogens is 1. The van der Waals surface area contributed by atoms with Crippen molar-refractivity contribution in [2.75, 3.05) is 5.75 Å². The number of pyridine rings is 1. The Bertz CT molecular complexity index is 905. The molecule has 0 fully saturated rings. The van der Waals surface area contributed by atoms with Crippen LogP contribution in [0.15, 0.2) is 90.1 Å². The van der Waals surface area contributed by atoms with Crippen molar-refractivity contribution in [2.24, 2.45) is 0 Å². The quantitative estimate of drug-likeness (QED) is 0.537. The van der Waals surface area contributed by atoms with Crippen LogP contribution in [0.25, 0.3) is 0 Å². The van der Waals surface area contributed by atoms with Gasteiger partial charge in [0, 0.05) is 6.20 Å². The molecule has 1 amide bonds. The molecule has 5 nitrogen and oxygen atoms in total. The molecule has 0 aliphatic rings. The third-order valence-electron chi connectivity index (χ3n) is 4.18. The highest BCUT2D eigenvalue weighted by atomic mass is 32.2. The fourth-order valence-electron chi connectivity index (χ4n) is 2.68. The first-order valence-corrected chi connectivity index (χ1v) is 10.3. The van der Waals surface area contributed by atoms with Gasteiger partial charge in [0.15, 0.2) is 5.78 Å². The normalized spacial score (nSPS) is 11.4. The van der Waals surface area contributed by atoms with Crippen molar-refractivity contribution in [3.05, 3.63) is 96.2 Å². The summed E-state index contributed by atoms with van der Waals surface area (Å²) in [5.41, 5.74) is 1.86. The number of hydrogen-bond donors (Lipinski definition) is 1. The van der Waals surface area contributed by atoms with Crippen LogP contribution in [0.1, 0.15) is 11.1 Å². The lowest BCUT2D eigenvalue weighted by molar-refractivity contribution is -0.118. The zero-order valence-corrected chi connectivity index (χ0v) is 16.7. The summed E-state index contributed by atoms with van der Waals surface area (Å²) in [5.74, 6) is 0.134. The lowest BCUT2D eigenvalue weighted by Crippen LogP contribution is -2.43. The van der Waals surface area contributed by atoms with Gasteiger partial charge in [0.2, 0.25) is 0 Å². The predicted molar refractivity (Wildman–Crippen MR) is 114 cm³/mol. The average molecular weight is 407 g/mol. The standard InChI is InChI=1S/C23H22N2O3S/c26-21(17-29-22-13-7-8-14-24-22)20(15-18-9-3-1-4-10-18)25-23(27)28-16-19-11-5-2-6-12-19/h1-14,20H,15-17H2,(H,25,27)/t20-/m0/s1. The lowest BCUT2D eigenvalue weighted by atomic mass is 10.0. The third-order valence-corrected chi connectivity index (χ3v) is 5.14. The molecule has 0 saturated heterocycles. The van der Waals surface area contributed by atoms with Crippen molar-refractivity contribution >= 4 is 23.6 Å². The number of nitrogens with zero attached hydrogens (tertiary/aromatic N) is 1. The summed E-state index contributed by atoms with van der Waals surface area (Å²) in [4.78, 5) is 29.3. The van der Waals surface area contributed by atoms with Gasteiger partial charge in [-0.3, -0.25) is 4.79 Å². The fraction of sp³-hybridized carbons (Fsp3) is 0.174. The van der Waals surface area contributed by atoms with Crippen LogP contribution in [-0.4, -0.2) is 28.7 Å². The summed E-state index contributed by atoms with van der Waals surface area (Å²) in [6, 6.07) is 23.9. The van der Waals surface area contributed by atoms with Crippen LogP contribution < -0.4 is 5.32 Å². The molecule has 148 valence electrons. The SMILES string of the molecule is O=C(N[C@@H](Cc1ccccc1)C(=O)CSc1ccccn1)OCc1ccccc1. The molecule has 0 spiro atoms. The summed E-state index contributed by atoms with van der Waals surface area (Å²) in [6.07, 6.45) is 1.49. The Balaban J connectivity index is 1.60.